The molecule has 0 aliphatic carbocycles. The summed E-state index contributed by atoms with van der Waals surface area (Å²) in [7, 11) is 3.52. The highest BCUT2D eigenvalue weighted by molar-refractivity contribution is 14.0. The van der Waals surface area contributed by atoms with E-state index in [9.17, 15) is 0 Å². The summed E-state index contributed by atoms with van der Waals surface area (Å²) >= 11 is 0. The van der Waals surface area contributed by atoms with Crippen LogP contribution in [0, 0.1) is 5.92 Å². The predicted molar refractivity (Wildman–Crippen MR) is 122 cm³/mol. The van der Waals surface area contributed by atoms with Gasteiger partial charge < -0.3 is 15.4 Å². The third-order valence-corrected chi connectivity index (χ3v) is 5.60. The monoisotopic (exact) mass is 505 g/mol. The minimum Gasteiger partial charge on any atom is -0.377 e. The van der Waals surface area contributed by atoms with Crippen molar-refractivity contribution in [3.63, 3.8) is 0 Å². The second kappa shape index (κ2) is 11.3. The molecule has 0 saturated carbocycles. The van der Waals surface area contributed by atoms with Crippen molar-refractivity contribution >= 4 is 29.9 Å². The molecular formula is C19H36IN7O. The molecule has 28 heavy (non-hydrogen) atoms. The molecule has 1 aromatic heterocycles. The van der Waals surface area contributed by atoms with E-state index in [0.717, 1.165) is 43.5 Å². The van der Waals surface area contributed by atoms with Gasteiger partial charge in [0.2, 0.25) is 0 Å². The molecule has 160 valence electrons. The van der Waals surface area contributed by atoms with Gasteiger partial charge in [-0.05, 0) is 38.3 Å². The van der Waals surface area contributed by atoms with Gasteiger partial charge in [0.15, 0.2) is 11.8 Å². The van der Waals surface area contributed by atoms with Crippen LogP contribution in [0.5, 0.6) is 0 Å². The first kappa shape index (κ1) is 23.3. The van der Waals surface area contributed by atoms with Crippen molar-refractivity contribution in [2.45, 2.75) is 64.8 Å². The average molecular weight is 505 g/mol. The van der Waals surface area contributed by atoms with Crippen LogP contribution in [0.15, 0.2) is 4.99 Å². The molecule has 3 heterocycles. The normalized spacial score (nSPS) is 21.3. The fourth-order valence-electron chi connectivity index (χ4n) is 4.12. The zero-order valence-electron chi connectivity index (χ0n) is 17.6. The van der Waals surface area contributed by atoms with Gasteiger partial charge in [0, 0.05) is 39.2 Å². The fraction of sp³-hybridized carbons (Fsp3) is 0.842. The number of rotatable bonds is 7. The molecule has 0 aromatic carbocycles. The maximum atomic E-state index is 5.14. The number of nitrogens with zero attached hydrogens (tertiary/aromatic N) is 5. The lowest BCUT2D eigenvalue weighted by atomic mass is 10.0. The Morgan fingerprint density at radius 1 is 1.32 bits per heavy atom. The van der Waals surface area contributed by atoms with Gasteiger partial charge in [-0.25, -0.2) is 9.67 Å². The number of aliphatic imine (C=N–C) groups is 1. The van der Waals surface area contributed by atoms with Crippen molar-refractivity contribution in [3.05, 3.63) is 11.6 Å². The maximum Gasteiger partial charge on any atom is 0.191 e. The summed E-state index contributed by atoms with van der Waals surface area (Å²) in [6.45, 7) is 9.27. The Labute approximate surface area is 185 Å². The summed E-state index contributed by atoms with van der Waals surface area (Å²) in [5, 5.41) is 11.7. The lowest BCUT2D eigenvalue weighted by Crippen LogP contribution is -2.51. The van der Waals surface area contributed by atoms with Gasteiger partial charge in [-0.3, -0.25) is 9.89 Å². The van der Waals surface area contributed by atoms with Gasteiger partial charge in [-0.2, -0.15) is 5.10 Å². The molecule has 2 N–H and O–H groups in total. The van der Waals surface area contributed by atoms with Crippen LogP contribution < -0.4 is 10.6 Å². The SMILES string of the molecule is CN=C(NCC(C(C)C)N1CCCC1)NC1CCc2nc(COC)nn2C1.I. The number of halogens is 1. The van der Waals surface area contributed by atoms with Crippen LogP contribution in [-0.4, -0.2) is 71.5 Å². The molecule has 0 amide bonds. The molecule has 0 spiro atoms. The van der Waals surface area contributed by atoms with Crippen molar-refractivity contribution in [2.75, 3.05) is 33.8 Å². The average Bonchev–Trinajstić information content (AvgIpc) is 3.30. The van der Waals surface area contributed by atoms with Gasteiger partial charge in [0.25, 0.3) is 0 Å². The maximum absolute atomic E-state index is 5.14. The zero-order valence-corrected chi connectivity index (χ0v) is 20.0. The predicted octanol–water partition coefficient (Wildman–Crippen LogP) is 1.64. The van der Waals surface area contributed by atoms with Crippen LogP contribution in [0.2, 0.25) is 0 Å². The largest absolute Gasteiger partial charge is 0.377 e. The van der Waals surface area contributed by atoms with E-state index in [2.05, 4.69) is 44.5 Å². The van der Waals surface area contributed by atoms with E-state index in [4.69, 9.17) is 4.74 Å². The first-order valence-electron chi connectivity index (χ1n) is 10.2. The zero-order chi connectivity index (χ0) is 19.2. The topological polar surface area (TPSA) is 79.6 Å². The number of ether oxygens (including phenoxy) is 1. The quantitative estimate of drug-likeness (QED) is 0.334. The number of likely N-dealkylation sites (tertiary alicyclic amines) is 1. The summed E-state index contributed by atoms with van der Waals surface area (Å²) in [4.78, 5) is 11.6. The molecule has 0 radical (unpaired) electrons. The number of aryl methyl sites for hydroxylation is 1. The lowest BCUT2D eigenvalue weighted by molar-refractivity contribution is 0.177. The number of aromatic nitrogens is 3. The Morgan fingerprint density at radius 2 is 2.07 bits per heavy atom. The molecule has 8 nitrogen and oxygen atoms in total. The number of hydrogen-bond acceptors (Lipinski definition) is 5. The van der Waals surface area contributed by atoms with Crippen molar-refractivity contribution in [2.24, 2.45) is 10.9 Å². The van der Waals surface area contributed by atoms with E-state index in [1.165, 1.54) is 25.9 Å². The number of hydrogen-bond donors (Lipinski definition) is 2. The molecule has 2 aliphatic rings. The van der Waals surface area contributed by atoms with E-state index in [1.807, 2.05) is 11.7 Å². The van der Waals surface area contributed by atoms with Crippen molar-refractivity contribution < 1.29 is 4.74 Å². The van der Waals surface area contributed by atoms with Crippen LogP contribution in [0.25, 0.3) is 0 Å². The van der Waals surface area contributed by atoms with Crippen LogP contribution >= 0.6 is 24.0 Å². The second-order valence-electron chi connectivity index (χ2n) is 7.95. The van der Waals surface area contributed by atoms with Crippen molar-refractivity contribution in [3.8, 4) is 0 Å². The molecule has 1 fully saturated rings. The molecule has 1 saturated heterocycles. The van der Waals surface area contributed by atoms with E-state index >= 15 is 0 Å². The summed E-state index contributed by atoms with van der Waals surface area (Å²) in [6.07, 6.45) is 4.60. The smallest absolute Gasteiger partial charge is 0.191 e. The highest BCUT2D eigenvalue weighted by Gasteiger charge is 2.26. The van der Waals surface area contributed by atoms with Crippen LogP contribution in [-0.2, 0) is 24.3 Å². The summed E-state index contributed by atoms with van der Waals surface area (Å²) in [5.41, 5.74) is 0. The first-order chi connectivity index (χ1) is 13.1. The molecule has 2 aliphatic heterocycles. The van der Waals surface area contributed by atoms with Gasteiger partial charge in [0.1, 0.15) is 12.4 Å². The Bertz CT molecular complexity index is 628. The molecule has 2 unspecified atom stereocenters. The minimum absolute atomic E-state index is 0. The highest BCUT2D eigenvalue weighted by atomic mass is 127. The third kappa shape index (κ3) is 6.03. The molecule has 0 bridgehead atoms. The summed E-state index contributed by atoms with van der Waals surface area (Å²) < 4.78 is 7.15. The van der Waals surface area contributed by atoms with Gasteiger partial charge in [0.05, 0.1) is 6.54 Å². The van der Waals surface area contributed by atoms with Gasteiger partial charge in [-0.15, -0.1) is 24.0 Å². The number of fused-ring (bicyclic) bond motifs is 1. The Hall–Kier alpha value is -0.940. The molecular weight excluding hydrogens is 469 g/mol. The standard InChI is InChI=1S/C19H35N7O.HI/c1-14(2)16(25-9-5-6-10-25)11-21-19(20-3)22-15-7-8-18-23-17(13-27-4)24-26(18)12-15;/h14-16H,5-13H2,1-4H3,(H2,20,21,22);1H. The van der Waals surface area contributed by atoms with E-state index in [1.54, 1.807) is 7.11 Å². The third-order valence-electron chi connectivity index (χ3n) is 5.60. The van der Waals surface area contributed by atoms with E-state index in [0.29, 0.717) is 24.6 Å². The van der Waals surface area contributed by atoms with Crippen LogP contribution in [0.3, 0.4) is 0 Å². The number of guanidine groups is 1. The Balaban J connectivity index is 0.00000280. The van der Waals surface area contributed by atoms with Crippen molar-refractivity contribution in [1.29, 1.82) is 0 Å². The van der Waals surface area contributed by atoms with E-state index in [-0.39, 0.29) is 24.0 Å². The van der Waals surface area contributed by atoms with Crippen LogP contribution in [0.4, 0.5) is 0 Å². The lowest BCUT2D eigenvalue weighted by Gasteiger charge is -2.32. The Morgan fingerprint density at radius 3 is 2.71 bits per heavy atom. The number of methoxy groups -OCH3 is 1. The van der Waals surface area contributed by atoms with Crippen LogP contribution in [0.1, 0.15) is 44.8 Å². The molecule has 9 heteroatoms. The van der Waals surface area contributed by atoms with Crippen molar-refractivity contribution in [1.82, 2.24) is 30.3 Å². The fourth-order valence-corrected chi connectivity index (χ4v) is 4.12. The molecule has 2 atom stereocenters. The molecule has 1 aromatic rings. The van der Waals surface area contributed by atoms with Gasteiger partial charge in [-0.1, -0.05) is 13.8 Å². The highest BCUT2D eigenvalue weighted by Crippen LogP contribution is 2.17. The second-order valence-corrected chi connectivity index (χ2v) is 7.95. The molecule has 3 rings (SSSR count). The minimum atomic E-state index is 0. The van der Waals surface area contributed by atoms with E-state index < -0.39 is 0 Å². The summed E-state index contributed by atoms with van der Waals surface area (Å²) in [5.74, 6) is 3.32. The first-order valence-corrected chi connectivity index (χ1v) is 10.2. The summed E-state index contributed by atoms with van der Waals surface area (Å²) in [6, 6.07) is 0.862. The van der Waals surface area contributed by atoms with Gasteiger partial charge >= 0.3 is 0 Å². The Kier molecular flexibility index (Phi) is 9.42. The number of nitrogens with one attached hydrogen (secondary N) is 2.